The van der Waals surface area contributed by atoms with Gasteiger partial charge in [-0.2, -0.15) is 0 Å². The van der Waals surface area contributed by atoms with Gasteiger partial charge in [-0.1, -0.05) is 19.9 Å². The van der Waals surface area contributed by atoms with Crippen LogP contribution in [0.15, 0.2) is 24.3 Å². The lowest BCUT2D eigenvalue weighted by Gasteiger charge is -2.26. The summed E-state index contributed by atoms with van der Waals surface area (Å²) in [4.78, 5) is 51.4. The Kier molecular flexibility index (Phi) is 8.56. The van der Waals surface area contributed by atoms with E-state index in [1.165, 1.54) is 7.11 Å². The first-order valence-electron chi connectivity index (χ1n) is 10.1. The molecule has 4 amide bonds. The molecule has 0 bridgehead atoms. The highest BCUT2D eigenvalue weighted by atomic mass is 19.1. The van der Waals surface area contributed by atoms with Crippen LogP contribution in [0, 0.1) is 5.92 Å². The van der Waals surface area contributed by atoms with Crippen molar-refractivity contribution in [3.8, 4) is 5.75 Å². The zero-order chi connectivity index (χ0) is 23.8. The molecule has 2 rings (SSSR count). The molecule has 0 spiro atoms. The van der Waals surface area contributed by atoms with Gasteiger partial charge in [0.15, 0.2) is 6.67 Å². The molecule has 0 unspecified atom stereocenters. The van der Waals surface area contributed by atoms with Crippen LogP contribution in [-0.2, 0) is 14.4 Å². The highest BCUT2D eigenvalue weighted by Crippen LogP contribution is 2.26. The number of aromatic nitrogens is 1. The van der Waals surface area contributed by atoms with Crippen LogP contribution in [0.25, 0.3) is 10.9 Å². The number of H-pyrrole nitrogens is 1. The van der Waals surface area contributed by atoms with Crippen LogP contribution < -0.4 is 21.2 Å². The number of rotatable bonds is 10. The first-order valence-corrected chi connectivity index (χ1v) is 10.1. The van der Waals surface area contributed by atoms with Gasteiger partial charge in [-0.3, -0.25) is 29.6 Å². The average Bonchev–Trinajstić information content (AvgIpc) is 3.19. The number of fused-ring (bicyclic) bond motifs is 1. The lowest BCUT2D eigenvalue weighted by atomic mass is 10.0. The minimum Gasteiger partial charge on any atom is -0.496 e. The van der Waals surface area contributed by atoms with Gasteiger partial charge >= 0.3 is 0 Å². The highest BCUT2D eigenvalue weighted by molar-refractivity contribution is 6.01. The third kappa shape index (κ3) is 6.43. The van der Waals surface area contributed by atoms with Gasteiger partial charge in [-0.25, -0.2) is 4.39 Å². The van der Waals surface area contributed by atoms with E-state index in [0.717, 1.165) is 0 Å². The van der Waals surface area contributed by atoms with Crippen molar-refractivity contribution in [1.82, 2.24) is 20.7 Å². The molecular formula is C21H28FN5O5. The second-order valence-electron chi connectivity index (χ2n) is 7.63. The summed E-state index contributed by atoms with van der Waals surface area (Å²) in [7, 11) is 1.52. The molecule has 0 saturated carbocycles. The Morgan fingerprint density at radius 2 is 1.97 bits per heavy atom. The van der Waals surface area contributed by atoms with Crippen LogP contribution in [0.1, 0.15) is 37.2 Å². The van der Waals surface area contributed by atoms with Crippen LogP contribution in [0.2, 0.25) is 0 Å². The Hall–Kier alpha value is -3.63. The number of alkyl halides is 1. The molecule has 0 aliphatic carbocycles. The molecule has 0 saturated heterocycles. The van der Waals surface area contributed by atoms with Crippen molar-refractivity contribution in [2.24, 2.45) is 11.7 Å². The lowest BCUT2D eigenvalue weighted by molar-refractivity contribution is -0.143. The largest absolute Gasteiger partial charge is 0.496 e. The number of nitrogens with zero attached hydrogens (tertiary/aromatic N) is 1. The number of nitrogens with two attached hydrogens (primary N) is 1. The molecular weight excluding hydrogens is 421 g/mol. The van der Waals surface area contributed by atoms with E-state index < -0.39 is 36.3 Å². The fourth-order valence-electron chi connectivity index (χ4n) is 3.11. The van der Waals surface area contributed by atoms with Crippen LogP contribution in [-0.4, -0.2) is 60.0 Å². The van der Waals surface area contributed by atoms with E-state index in [2.05, 4.69) is 15.7 Å². The minimum absolute atomic E-state index is 0.0183. The summed E-state index contributed by atoms with van der Waals surface area (Å²) in [5.74, 6) is -2.39. The van der Waals surface area contributed by atoms with E-state index in [-0.39, 0.29) is 31.0 Å². The van der Waals surface area contributed by atoms with Gasteiger partial charge in [-0.05, 0) is 30.5 Å². The molecule has 1 heterocycles. The van der Waals surface area contributed by atoms with Gasteiger partial charge in [0.05, 0.1) is 13.7 Å². The van der Waals surface area contributed by atoms with Crippen molar-refractivity contribution in [2.75, 3.05) is 20.3 Å². The maximum Gasteiger partial charge on any atom is 0.272 e. The van der Waals surface area contributed by atoms with Crippen LogP contribution >= 0.6 is 0 Å². The van der Waals surface area contributed by atoms with Gasteiger partial charge in [-0.15, -0.1) is 0 Å². The number of aromatic amines is 1. The number of hydrazine groups is 1. The van der Waals surface area contributed by atoms with Crippen molar-refractivity contribution < 1.29 is 28.3 Å². The summed E-state index contributed by atoms with van der Waals surface area (Å²) in [6, 6.07) is 5.91. The van der Waals surface area contributed by atoms with Gasteiger partial charge in [0.1, 0.15) is 17.5 Å². The van der Waals surface area contributed by atoms with E-state index in [4.69, 9.17) is 10.5 Å². The first kappa shape index (κ1) is 24.6. The number of hydrogen-bond acceptors (Lipinski definition) is 5. The molecule has 1 aromatic carbocycles. The van der Waals surface area contributed by atoms with E-state index in [9.17, 15) is 23.6 Å². The molecule has 0 radical (unpaired) electrons. The van der Waals surface area contributed by atoms with Gasteiger partial charge < -0.3 is 20.8 Å². The van der Waals surface area contributed by atoms with E-state index in [0.29, 0.717) is 21.7 Å². The summed E-state index contributed by atoms with van der Waals surface area (Å²) in [5.41, 5.74) is 8.26. The molecule has 32 heavy (non-hydrogen) atoms. The highest BCUT2D eigenvalue weighted by Gasteiger charge is 2.26. The summed E-state index contributed by atoms with van der Waals surface area (Å²) in [6.07, 6.45) is -0.00127. The van der Waals surface area contributed by atoms with Crippen LogP contribution in [0.5, 0.6) is 5.75 Å². The second kappa shape index (κ2) is 11.1. The molecule has 11 heteroatoms. The van der Waals surface area contributed by atoms with Crippen molar-refractivity contribution in [3.05, 3.63) is 30.0 Å². The topological polar surface area (TPSA) is 147 Å². The number of carbonyl (C=O) groups excluding carboxylic acids is 4. The normalized spacial score (nSPS) is 11.8. The van der Waals surface area contributed by atoms with Crippen LogP contribution in [0.4, 0.5) is 4.39 Å². The quantitative estimate of drug-likeness (QED) is 0.400. The zero-order valence-corrected chi connectivity index (χ0v) is 18.2. The Morgan fingerprint density at radius 1 is 1.25 bits per heavy atom. The average molecular weight is 449 g/mol. The molecule has 1 aromatic heterocycles. The Bertz CT molecular complexity index is 990. The van der Waals surface area contributed by atoms with Crippen molar-refractivity contribution in [3.63, 3.8) is 0 Å². The summed E-state index contributed by atoms with van der Waals surface area (Å²) in [5, 5.41) is 4.04. The lowest BCUT2D eigenvalue weighted by Crippen LogP contribution is -2.55. The van der Waals surface area contributed by atoms with E-state index in [1.807, 2.05) is 13.8 Å². The SMILES string of the molecule is COc1cccc2[nH]c(C(=O)N[C@H](CC(C)C)C(=O)NN(CCC(N)=O)C(=O)CF)cc12. The molecule has 0 aliphatic heterocycles. The Morgan fingerprint density at radius 3 is 2.56 bits per heavy atom. The minimum atomic E-state index is -1.36. The molecule has 1 atom stereocenters. The standard InChI is InChI=1S/C21H28FN5O5/c1-12(2)9-15(21(31)26-27(19(29)11-22)8-7-18(23)28)25-20(30)16-10-13-14(24-16)5-4-6-17(13)32-3/h4-6,10,12,15,24H,7-9,11H2,1-3H3,(H2,23,28)(H,25,30)(H,26,31)/t15-/m1/s1. The predicted molar refractivity (Wildman–Crippen MR) is 115 cm³/mol. The summed E-state index contributed by atoms with van der Waals surface area (Å²) >= 11 is 0. The van der Waals surface area contributed by atoms with Gasteiger partial charge in [0, 0.05) is 17.3 Å². The fraction of sp³-hybridized carbons (Fsp3) is 0.429. The maximum atomic E-state index is 12.9. The zero-order valence-electron chi connectivity index (χ0n) is 18.2. The van der Waals surface area contributed by atoms with Crippen LogP contribution in [0.3, 0.4) is 0 Å². The molecule has 5 N–H and O–H groups in total. The smallest absolute Gasteiger partial charge is 0.272 e. The molecule has 0 fully saturated rings. The van der Waals surface area contributed by atoms with Gasteiger partial charge in [0.2, 0.25) is 5.91 Å². The van der Waals surface area contributed by atoms with Crippen molar-refractivity contribution in [2.45, 2.75) is 32.7 Å². The number of primary amides is 1. The fourth-order valence-corrected chi connectivity index (χ4v) is 3.11. The number of methoxy groups -OCH3 is 1. The summed E-state index contributed by atoms with van der Waals surface area (Å²) in [6.45, 7) is 2.07. The number of benzene rings is 1. The number of carbonyl (C=O) groups is 4. The number of nitrogens with one attached hydrogen (secondary N) is 3. The van der Waals surface area contributed by atoms with Crippen molar-refractivity contribution in [1.29, 1.82) is 0 Å². The Labute approximate surface area is 184 Å². The predicted octanol–water partition coefficient (Wildman–Crippen LogP) is 1.03. The van der Waals surface area contributed by atoms with E-state index >= 15 is 0 Å². The third-order valence-corrected chi connectivity index (χ3v) is 4.66. The monoisotopic (exact) mass is 449 g/mol. The number of hydrogen-bond donors (Lipinski definition) is 4. The molecule has 0 aliphatic rings. The van der Waals surface area contributed by atoms with Gasteiger partial charge in [0.25, 0.3) is 17.7 Å². The van der Waals surface area contributed by atoms with Crippen molar-refractivity contribution >= 4 is 34.5 Å². The molecule has 174 valence electrons. The number of halogens is 1. The number of ether oxygens (including phenoxy) is 1. The first-order chi connectivity index (χ1) is 15.2. The Balaban J connectivity index is 2.19. The second-order valence-corrected chi connectivity index (χ2v) is 7.63. The molecule has 2 aromatic rings. The third-order valence-electron chi connectivity index (χ3n) is 4.66. The number of amides is 4. The summed E-state index contributed by atoms with van der Waals surface area (Å²) < 4.78 is 18.2. The molecule has 10 nitrogen and oxygen atoms in total. The van der Waals surface area contributed by atoms with E-state index in [1.54, 1.807) is 24.3 Å². The maximum absolute atomic E-state index is 12.9.